The maximum absolute atomic E-state index is 8.97. The minimum atomic E-state index is 0.534. The first-order valence-corrected chi connectivity index (χ1v) is 14.1. The van der Waals surface area contributed by atoms with Crippen LogP contribution in [0.4, 0.5) is 11.6 Å². The number of hydrogen-bond acceptors (Lipinski definition) is 7. The van der Waals surface area contributed by atoms with Gasteiger partial charge >= 0.3 is 0 Å². The molecule has 1 aromatic carbocycles. The van der Waals surface area contributed by atoms with Crippen LogP contribution in [0.25, 0.3) is 16.8 Å². The Bertz CT molecular complexity index is 1450. The summed E-state index contributed by atoms with van der Waals surface area (Å²) < 4.78 is 1.91. The molecule has 3 aromatic heterocycles. The second-order valence-electron chi connectivity index (χ2n) is 10.1. The lowest BCUT2D eigenvalue weighted by Crippen LogP contribution is -2.25. The van der Waals surface area contributed by atoms with Crippen molar-refractivity contribution in [3.05, 3.63) is 70.1 Å². The second-order valence-corrected chi connectivity index (χ2v) is 11.0. The third-order valence-electron chi connectivity index (χ3n) is 7.13. The van der Waals surface area contributed by atoms with Crippen LogP contribution in [0.3, 0.4) is 0 Å². The van der Waals surface area contributed by atoms with E-state index in [4.69, 9.17) is 38.5 Å². The van der Waals surface area contributed by atoms with Crippen molar-refractivity contribution < 1.29 is 0 Å². The maximum Gasteiger partial charge on any atom is 0.152 e. The Morgan fingerprint density at radius 1 is 1.05 bits per heavy atom. The lowest BCUT2D eigenvalue weighted by Gasteiger charge is -2.24. The average Bonchev–Trinajstić information content (AvgIpc) is 3.32. The molecule has 0 bridgehead atoms. The fourth-order valence-electron chi connectivity index (χ4n) is 5.09. The van der Waals surface area contributed by atoms with Gasteiger partial charge in [-0.05, 0) is 94.6 Å². The molecular formula is C29H32Cl2N8. The largest absolute Gasteiger partial charge is 0.368 e. The van der Waals surface area contributed by atoms with Gasteiger partial charge in [-0.3, -0.25) is 0 Å². The molecule has 1 aliphatic heterocycles. The van der Waals surface area contributed by atoms with E-state index < -0.39 is 0 Å². The lowest BCUT2D eigenvalue weighted by molar-refractivity contribution is 0.261. The van der Waals surface area contributed by atoms with E-state index >= 15 is 0 Å². The third-order valence-corrected chi connectivity index (χ3v) is 7.68. The standard InChI is InChI=1S/C29H32Cl2N8/c1-38-12-2-4-20(5-3-13-38)14-23-16-27-29(34-11-10-33-28-9-6-21(17-32)18-35-28)36-26(19-39(27)37-23)24-8-7-22(30)15-25(24)31/h6-9,15-16,18-20H,2-5,10-14H2,1H3,(H,33,35)(H,34,36). The third kappa shape index (κ3) is 6.99. The van der Waals surface area contributed by atoms with E-state index in [0.29, 0.717) is 40.4 Å². The van der Waals surface area contributed by atoms with Gasteiger partial charge in [0.2, 0.25) is 0 Å². The summed E-state index contributed by atoms with van der Waals surface area (Å²) in [7, 11) is 2.21. The molecule has 1 aliphatic rings. The van der Waals surface area contributed by atoms with Gasteiger partial charge in [-0.1, -0.05) is 23.2 Å². The van der Waals surface area contributed by atoms with Gasteiger partial charge in [0, 0.05) is 29.9 Å². The Kier molecular flexibility index (Phi) is 8.82. The number of halogens is 2. The first kappa shape index (κ1) is 27.2. The molecule has 2 N–H and O–H groups in total. The van der Waals surface area contributed by atoms with E-state index in [-0.39, 0.29) is 0 Å². The average molecular weight is 564 g/mol. The van der Waals surface area contributed by atoms with Crippen LogP contribution in [0.2, 0.25) is 10.0 Å². The predicted octanol–water partition coefficient (Wildman–Crippen LogP) is 6.16. The zero-order chi connectivity index (χ0) is 27.2. The Morgan fingerprint density at radius 3 is 2.56 bits per heavy atom. The highest BCUT2D eigenvalue weighted by Crippen LogP contribution is 2.31. The number of rotatable bonds is 8. The molecule has 4 heterocycles. The van der Waals surface area contributed by atoms with Gasteiger partial charge in [0.15, 0.2) is 5.82 Å². The Balaban J connectivity index is 1.37. The van der Waals surface area contributed by atoms with Crippen LogP contribution in [0.15, 0.2) is 48.8 Å². The van der Waals surface area contributed by atoms with Crippen LogP contribution in [-0.4, -0.2) is 57.7 Å². The molecule has 0 atom stereocenters. The predicted molar refractivity (Wildman–Crippen MR) is 158 cm³/mol. The fourth-order valence-corrected chi connectivity index (χ4v) is 5.60. The maximum atomic E-state index is 8.97. The van der Waals surface area contributed by atoms with Crippen molar-refractivity contribution in [2.45, 2.75) is 32.1 Å². The molecule has 39 heavy (non-hydrogen) atoms. The van der Waals surface area contributed by atoms with Crippen molar-refractivity contribution in [1.29, 1.82) is 5.26 Å². The smallest absolute Gasteiger partial charge is 0.152 e. The highest BCUT2D eigenvalue weighted by Gasteiger charge is 2.18. The summed E-state index contributed by atoms with van der Waals surface area (Å²) in [5, 5.41) is 21.8. The van der Waals surface area contributed by atoms with Crippen molar-refractivity contribution in [3.8, 4) is 17.3 Å². The topological polar surface area (TPSA) is 94.2 Å². The normalized spacial score (nSPS) is 15.0. The molecule has 0 amide bonds. The number of likely N-dealkylation sites (tertiary alicyclic amines) is 1. The van der Waals surface area contributed by atoms with Gasteiger partial charge in [0.25, 0.3) is 0 Å². The Morgan fingerprint density at radius 2 is 1.85 bits per heavy atom. The van der Waals surface area contributed by atoms with Gasteiger partial charge in [-0.15, -0.1) is 0 Å². The number of nitrogens with zero attached hydrogens (tertiary/aromatic N) is 6. The first-order valence-electron chi connectivity index (χ1n) is 13.4. The number of anilines is 2. The van der Waals surface area contributed by atoms with E-state index in [1.807, 2.05) is 22.8 Å². The van der Waals surface area contributed by atoms with E-state index in [1.165, 1.54) is 25.7 Å². The zero-order valence-corrected chi connectivity index (χ0v) is 23.5. The molecule has 4 aromatic rings. The number of nitrogens with one attached hydrogen (secondary N) is 2. The number of hydrogen-bond donors (Lipinski definition) is 2. The summed E-state index contributed by atoms with van der Waals surface area (Å²) in [6, 6.07) is 13.2. The molecule has 1 saturated heterocycles. The molecule has 10 heteroatoms. The van der Waals surface area contributed by atoms with E-state index in [0.717, 1.165) is 47.8 Å². The van der Waals surface area contributed by atoms with E-state index in [1.54, 1.807) is 24.4 Å². The summed E-state index contributed by atoms with van der Waals surface area (Å²) in [5.74, 6) is 2.10. The van der Waals surface area contributed by atoms with Gasteiger partial charge in [0.05, 0.1) is 28.2 Å². The lowest BCUT2D eigenvalue weighted by atomic mass is 9.91. The fraction of sp³-hybridized carbons (Fsp3) is 0.379. The van der Waals surface area contributed by atoms with E-state index in [2.05, 4.69) is 39.7 Å². The van der Waals surface area contributed by atoms with Crippen LogP contribution < -0.4 is 10.6 Å². The molecule has 202 valence electrons. The van der Waals surface area contributed by atoms with Crippen molar-refractivity contribution >= 4 is 40.4 Å². The number of benzene rings is 1. The monoisotopic (exact) mass is 562 g/mol. The SMILES string of the molecule is CN1CCCC(Cc2cc3c(NCCNc4ccc(C#N)cn4)nc(-c4ccc(Cl)cc4Cl)cn3n2)CCC1. The van der Waals surface area contributed by atoms with Gasteiger partial charge in [0.1, 0.15) is 17.4 Å². The zero-order valence-electron chi connectivity index (χ0n) is 22.0. The molecule has 5 rings (SSSR count). The number of aromatic nitrogens is 4. The van der Waals surface area contributed by atoms with Crippen LogP contribution >= 0.6 is 23.2 Å². The van der Waals surface area contributed by atoms with Gasteiger partial charge < -0.3 is 15.5 Å². The first-order chi connectivity index (χ1) is 19.0. The second kappa shape index (κ2) is 12.6. The highest BCUT2D eigenvalue weighted by molar-refractivity contribution is 6.36. The summed E-state index contributed by atoms with van der Waals surface area (Å²) in [4.78, 5) is 11.6. The van der Waals surface area contributed by atoms with Crippen LogP contribution in [-0.2, 0) is 6.42 Å². The van der Waals surface area contributed by atoms with Crippen molar-refractivity contribution in [3.63, 3.8) is 0 Å². The van der Waals surface area contributed by atoms with Crippen molar-refractivity contribution in [1.82, 2.24) is 24.5 Å². The van der Waals surface area contributed by atoms with Crippen LogP contribution in [0, 0.1) is 17.2 Å². The molecule has 1 fully saturated rings. The molecule has 0 saturated carbocycles. The molecular weight excluding hydrogens is 531 g/mol. The molecule has 8 nitrogen and oxygen atoms in total. The van der Waals surface area contributed by atoms with Crippen molar-refractivity contribution in [2.24, 2.45) is 5.92 Å². The van der Waals surface area contributed by atoms with Crippen LogP contribution in [0.1, 0.15) is 36.9 Å². The van der Waals surface area contributed by atoms with Gasteiger partial charge in [-0.25, -0.2) is 14.5 Å². The minimum Gasteiger partial charge on any atom is -0.368 e. The molecule has 0 radical (unpaired) electrons. The number of pyridine rings is 1. The number of nitriles is 1. The Labute approximate surface area is 239 Å². The minimum absolute atomic E-state index is 0.534. The molecule has 0 spiro atoms. The van der Waals surface area contributed by atoms with E-state index in [9.17, 15) is 0 Å². The Hall–Kier alpha value is -3.38. The summed E-state index contributed by atoms with van der Waals surface area (Å²) in [6.45, 7) is 3.56. The quantitative estimate of drug-likeness (QED) is 0.248. The van der Waals surface area contributed by atoms with Crippen molar-refractivity contribution in [2.75, 3.05) is 43.9 Å². The highest BCUT2D eigenvalue weighted by atomic mass is 35.5. The molecule has 0 unspecified atom stereocenters. The summed E-state index contributed by atoms with van der Waals surface area (Å²) in [6.07, 6.45) is 9.36. The number of fused-ring (bicyclic) bond motifs is 1. The van der Waals surface area contributed by atoms with Crippen LogP contribution in [0.5, 0.6) is 0 Å². The molecule has 0 aliphatic carbocycles. The summed E-state index contributed by atoms with van der Waals surface area (Å²) in [5.41, 5.74) is 4.06. The summed E-state index contributed by atoms with van der Waals surface area (Å²) >= 11 is 12.7. The van der Waals surface area contributed by atoms with Gasteiger partial charge in [-0.2, -0.15) is 10.4 Å².